The molecule has 0 aromatic carbocycles. The summed E-state index contributed by atoms with van der Waals surface area (Å²) in [5.74, 6) is 0. The third-order valence-electron chi connectivity index (χ3n) is 6.08. The van der Waals surface area contributed by atoms with Crippen LogP contribution in [0.15, 0.2) is 0 Å². The molecule has 1 unspecified atom stereocenters. The molecule has 0 amide bonds. The van der Waals surface area contributed by atoms with Gasteiger partial charge in [0.2, 0.25) is 0 Å². The Morgan fingerprint density at radius 2 is 0.630 bits per heavy atom. The van der Waals surface area contributed by atoms with Crippen LogP contribution >= 0.6 is 15.9 Å². The minimum Gasteiger partial charge on any atom is 0 e. The van der Waals surface area contributed by atoms with Crippen LogP contribution in [0.1, 0.15) is 136 Å². The molecule has 0 N–H and O–H groups in total. The molecule has 0 fully saturated rings. The first kappa shape index (κ1) is 30.7. The van der Waals surface area contributed by atoms with Gasteiger partial charge in [-0.25, -0.2) is 0 Å². The van der Waals surface area contributed by atoms with Gasteiger partial charge in [0.1, 0.15) is 0 Å². The molecule has 0 aliphatic rings. The summed E-state index contributed by atoms with van der Waals surface area (Å²) in [6.45, 7) is 5.92. The zero-order valence-corrected chi connectivity index (χ0v) is 23.0. The zero-order chi connectivity index (χ0) is 19.3. The van der Waals surface area contributed by atoms with Crippen LogP contribution in [0.25, 0.3) is 0 Å². The second kappa shape index (κ2) is 23.8. The first-order valence-corrected chi connectivity index (χ1v) is 16.9. The Bertz CT molecular complexity index is 230. The first-order valence-electron chi connectivity index (χ1n) is 12.5. The summed E-state index contributed by atoms with van der Waals surface area (Å²) in [6, 6.07) is 0. The van der Waals surface area contributed by atoms with E-state index in [0.717, 1.165) is 0 Å². The van der Waals surface area contributed by atoms with Gasteiger partial charge >= 0.3 is 171 Å². The van der Waals surface area contributed by atoms with Gasteiger partial charge in [-0.05, 0) is 0 Å². The summed E-state index contributed by atoms with van der Waals surface area (Å²) in [5, 5.41) is 0. The van der Waals surface area contributed by atoms with Crippen molar-refractivity contribution in [1.29, 1.82) is 0 Å². The molecule has 0 radical (unpaired) electrons. The standard InChI is InChI=1S/C24H54P2.Pd/c1-4-7-10-13-16-19-22-26(25,23-20-17-14-11-8-5-2)24-21-18-15-12-9-6-3;/h26H,4-25H2,1-3H3;. The molecule has 0 saturated heterocycles. The monoisotopic (exact) mass is 510 g/mol. The normalized spacial score (nSPS) is 12.1. The topological polar surface area (TPSA) is 0 Å². The van der Waals surface area contributed by atoms with Crippen LogP contribution < -0.4 is 0 Å². The van der Waals surface area contributed by atoms with Gasteiger partial charge < -0.3 is 0 Å². The van der Waals surface area contributed by atoms with Gasteiger partial charge in [0.05, 0.1) is 0 Å². The molecule has 3 heteroatoms. The number of rotatable bonds is 21. The third kappa shape index (κ3) is 22.0. The third-order valence-corrected chi connectivity index (χ3v) is 12.7. The van der Waals surface area contributed by atoms with Crippen molar-refractivity contribution in [3.05, 3.63) is 0 Å². The fourth-order valence-corrected chi connectivity index (χ4v) is 9.60. The van der Waals surface area contributed by atoms with E-state index in [4.69, 9.17) is 0 Å². The van der Waals surface area contributed by atoms with Crippen molar-refractivity contribution in [1.82, 2.24) is 0 Å². The molecule has 0 bridgehead atoms. The molecule has 0 heterocycles. The predicted molar refractivity (Wildman–Crippen MR) is 133 cm³/mol. The van der Waals surface area contributed by atoms with E-state index in [9.17, 15) is 0 Å². The Morgan fingerprint density at radius 3 is 0.889 bits per heavy atom. The number of hydrogen-bond acceptors (Lipinski definition) is 0. The van der Waals surface area contributed by atoms with Gasteiger partial charge in [-0.1, -0.05) is 0 Å². The van der Waals surface area contributed by atoms with Crippen LogP contribution in [0.3, 0.4) is 0 Å². The van der Waals surface area contributed by atoms with Crippen LogP contribution in [0.5, 0.6) is 0 Å². The van der Waals surface area contributed by atoms with Gasteiger partial charge in [-0.15, -0.1) is 0 Å². The van der Waals surface area contributed by atoms with Gasteiger partial charge in [0, 0.05) is 20.4 Å². The summed E-state index contributed by atoms with van der Waals surface area (Å²) in [7, 11) is 3.48. The van der Waals surface area contributed by atoms with E-state index in [1.165, 1.54) is 116 Å². The van der Waals surface area contributed by atoms with E-state index in [2.05, 4.69) is 29.7 Å². The smallest absolute Gasteiger partial charge is 0 e. The van der Waals surface area contributed by atoms with E-state index >= 15 is 0 Å². The maximum atomic E-state index is 3.48. The molecule has 0 spiro atoms. The molecule has 0 aliphatic heterocycles. The molecule has 0 rings (SSSR count). The van der Waals surface area contributed by atoms with Crippen molar-refractivity contribution in [2.45, 2.75) is 136 Å². The van der Waals surface area contributed by atoms with Crippen molar-refractivity contribution in [2.75, 3.05) is 18.5 Å². The maximum absolute atomic E-state index is 3.48. The summed E-state index contributed by atoms with van der Waals surface area (Å²) < 4.78 is 0. The molecule has 0 saturated carbocycles. The van der Waals surface area contributed by atoms with Crippen LogP contribution in [-0.2, 0) is 20.4 Å². The van der Waals surface area contributed by atoms with Crippen molar-refractivity contribution in [2.24, 2.45) is 0 Å². The van der Waals surface area contributed by atoms with Crippen LogP contribution in [-0.4, -0.2) is 18.5 Å². The van der Waals surface area contributed by atoms with E-state index in [1.807, 2.05) is 0 Å². The van der Waals surface area contributed by atoms with Crippen LogP contribution in [0.4, 0.5) is 0 Å². The van der Waals surface area contributed by atoms with Gasteiger partial charge in [0.25, 0.3) is 0 Å². The molecule has 0 aliphatic carbocycles. The minimum absolute atomic E-state index is 0. The minimum atomic E-state index is -1.04. The Hall–Kier alpha value is 1.52. The summed E-state index contributed by atoms with van der Waals surface area (Å²) in [6.07, 6.45) is 31.1. The average molecular weight is 511 g/mol. The Kier molecular flexibility index (Phi) is 27.1. The number of unbranched alkanes of at least 4 members (excludes halogenated alkanes) is 15. The molecule has 27 heavy (non-hydrogen) atoms. The summed E-state index contributed by atoms with van der Waals surface area (Å²) in [5.41, 5.74) is 0. The molecular formula is C24H54P2Pd. The second-order valence-corrected chi connectivity index (χ2v) is 16.8. The van der Waals surface area contributed by atoms with E-state index in [-0.39, 0.29) is 20.4 Å². The van der Waals surface area contributed by atoms with Crippen molar-refractivity contribution < 1.29 is 20.4 Å². The fraction of sp³-hybridized carbons (Fsp3) is 1.00. The fourth-order valence-electron chi connectivity index (χ4n) is 4.15. The zero-order valence-electron chi connectivity index (χ0n) is 19.2. The first-order chi connectivity index (χ1) is 12.7. The van der Waals surface area contributed by atoms with E-state index in [0.29, 0.717) is 0 Å². The maximum Gasteiger partial charge on any atom is 0 e. The molecule has 0 nitrogen and oxygen atoms in total. The van der Waals surface area contributed by atoms with Crippen LogP contribution in [0.2, 0.25) is 0 Å². The molecular weight excluding hydrogens is 457 g/mol. The van der Waals surface area contributed by atoms with Gasteiger partial charge in [-0.3, -0.25) is 0 Å². The number of hydrogen-bond donors (Lipinski definition) is 0. The summed E-state index contributed by atoms with van der Waals surface area (Å²) >= 11 is 0. The molecule has 0 aromatic rings. The molecule has 1 atom stereocenters. The average Bonchev–Trinajstić information content (AvgIpc) is 2.64. The van der Waals surface area contributed by atoms with Gasteiger partial charge in [0.15, 0.2) is 0 Å². The Labute approximate surface area is 190 Å². The Morgan fingerprint density at radius 1 is 0.407 bits per heavy atom. The van der Waals surface area contributed by atoms with Crippen molar-refractivity contribution >= 4 is 15.9 Å². The van der Waals surface area contributed by atoms with E-state index < -0.39 is 6.95 Å². The Balaban J connectivity index is 0. The SMILES string of the molecule is CCCCCCCC[PH](P)(CCCCCCCC)CCCCCCCC.[Pd]. The predicted octanol–water partition coefficient (Wildman–Crippen LogP) is 9.61. The quantitative estimate of drug-likeness (QED) is 0.0818. The van der Waals surface area contributed by atoms with Crippen molar-refractivity contribution in [3.63, 3.8) is 0 Å². The molecule has 170 valence electrons. The largest absolute Gasteiger partial charge is 0 e. The second-order valence-electron chi connectivity index (χ2n) is 8.92. The van der Waals surface area contributed by atoms with Gasteiger partial charge in [-0.2, -0.15) is 0 Å². The molecule has 0 aromatic heterocycles. The van der Waals surface area contributed by atoms with Crippen molar-refractivity contribution in [3.8, 4) is 0 Å². The van der Waals surface area contributed by atoms with E-state index in [1.54, 1.807) is 18.5 Å². The summed E-state index contributed by atoms with van der Waals surface area (Å²) in [4.78, 5) is 0. The van der Waals surface area contributed by atoms with Crippen LogP contribution in [0, 0.1) is 0 Å².